The molecule has 0 aliphatic rings. The van der Waals surface area contributed by atoms with Crippen molar-refractivity contribution in [3.8, 4) is 5.75 Å². The highest BCUT2D eigenvalue weighted by Crippen LogP contribution is 2.12. The molecule has 0 atom stereocenters. The summed E-state index contributed by atoms with van der Waals surface area (Å²) in [6.45, 7) is 4.57. The Hall–Kier alpha value is -2.55. The molecule has 2 aromatic rings. The monoisotopic (exact) mass is 267 g/mol. The summed E-state index contributed by atoms with van der Waals surface area (Å²) in [6.07, 6.45) is 1.68. The number of rotatable bonds is 6. The highest BCUT2D eigenvalue weighted by atomic mass is 16.5. The van der Waals surface area contributed by atoms with Gasteiger partial charge >= 0.3 is 0 Å². The number of benzene rings is 2. The van der Waals surface area contributed by atoms with Crippen LogP contribution in [0.25, 0.3) is 0 Å². The summed E-state index contributed by atoms with van der Waals surface area (Å²) in [5.41, 5.74) is 1.69. The van der Waals surface area contributed by atoms with Crippen molar-refractivity contribution in [2.45, 2.75) is 6.54 Å². The van der Waals surface area contributed by atoms with E-state index in [1.54, 1.807) is 30.3 Å². The zero-order valence-corrected chi connectivity index (χ0v) is 11.2. The minimum atomic E-state index is -0.0934. The maximum Gasteiger partial charge on any atom is 0.251 e. The standard InChI is InChI=1S/C17H17NO2/c1-2-12-20-16-10-8-15(9-11-16)17(19)18-13-14-6-4-3-5-7-14/h2-11H,1,12-13H2,(H,18,19). The zero-order valence-electron chi connectivity index (χ0n) is 11.2. The van der Waals surface area contributed by atoms with Crippen LogP contribution in [0.3, 0.4) is 0 Å². The Morgan fingerprint density at radius 1 is 1.10 bits per heavy atom. The molecule has 0 saturated carbocycles. The Morgan fingerprint density at radius 2 is 1.80 bits per heavy atom. The van der Waals surface area contributed by atoms with E-state index in [4.69, 9.17) is 4.74 Å². The Labute approximate surface area is 118 Å². The SMILES string of the molecule is C=CCOc1ccc(C(=O)NCc2ccccc2)cc1. The van der Waals surface area contributed by atoms with E-state index in [0.717, 1.165) is 11.3 Å². The number of hydrogen-bond acceptors (Lipinski definition) is 2. The Balaban J connectivity index is 1.90. The lowest BCUT2D eigenvalue weighted by Crippen LogP contribution is -2.22. The molecule has 0 aliphatic carbocycles. The minimum absolute atomic E-state index is 0.0934. The summed E-state index contributed by atoms with van der Waals surface area (Å²) in [4.78, 5) is 12.0. The molecular formula is C17H17NO2. The highest BCUT2D eigenvalue weighted by Gasteiger charge is 2.05. The first-order valence-corrected chi connectivity index (χ1v) is 6.45. The van der Waals surface area contributed by atoms with Crippen LogP contribution in [0.15, 0.2) is 67.3 Å². The van der Waals surface area contributed by atoms with Gasteiger partial charge in [-0.2, -0.15) is 0 Å². The molecule has 2 rings (SSSR count). The van der Waals surface area contributed by atoms with Gasteiger partial charge in [-0.1, -0.05) is 43.0 Å². The fourth-order valence-electron chi connectivity index (χ4n) is 1.74. The first-order chi connectivity index (χ1) is 9.79. The smallest absolute Gasteiger partial charge is 0.251 e. The van der Waals surface area contributed by atoms with Crippen molar-refractivity contribution in [3.05, 3.63) is 78.4 Å². The molecule has 0 unspecified atom stereocenters. The quantitative estimate of drug-likeness (QED) is 0.816. The van der Waals surface area contributed by atoms with Gasteiger partial charge in [0, 0.05) is 12.1 Å². The summed E-state index contributed by atoms with van der Waals surface area (Å²) in [7, 11) is 0. The van der Waals surface area contributed by atoms with Crippen LogP contribution in [0.4, 0.5) is 0 Å². The lowest BCUT2D eigenvalue weighted by molar-refractivity contribution is 0.0951. The van der Waals surface area contributed by atoms with Gasteiger partial charge in [0.2, 0.25) is 0 Å². The van der Waals surface area contributed by atoms with Crippen molar-refractivity contribution >= 4 is 5.91 Å². The average Bonchev–Trinajstić information content (AvgIpc) is 2.52. The van der Waals surface area contributed by atoms with Crippen molar-refractivity contribution in [2.75, 3.05) is 6.61 Å². The van der Waals surface area contributed by atoms with E-state index >= 15 is 0 Å². The zero-order chi connectivity index (χ0) is 14.2. The maximum atomic E-state index is 12.0. The first-order valence-electron chi connectivity index (χ1n) is 6.45. The summed E-state index contributed by atoms with van der Waals surface area (Å²) in [6, 6.07) is 16.9. The first kappa shape index (κ1) is 13.9. The van der Waals surface area contributed by atoms with Gasteiger partial charge in [0.25, 0.3) is 5.91 Å². The van der Waals surface area contributed by atoms with Gasteiger partial charge in [-0.15, -0.1) is 0 Å². The fraction of sp³-hybridized carbons (Fsp3) is 0.118. The second kappa shape index (κ2) is 7.14. The van der Waals surface area contributed by atoms with Gasteiger partial charge in [0.1, 0.15) is 12.4 Å². The molecule has 102 valence electrons. The van der Waals surface area contributed by atoms with Crippen LogP contribution in [-0.4, -0.2) is 12.5 Å². The van der Waals surface area contributed by atoms with E-state index < -0.39 is 0 Å². The number of nitrogens with one attached hydrogen (secondary N) is 1. The van der Waals surface area contributed by atoms with E-state index in [0.29, 0.717) is 18.7 Å². The third kappa shape index (κ3) is 3.99. The molecule has 2 aromatic carbocycles. The molecule has 0 fully saturated rings. The number of ether oxygens (including phenoxy) is 1. The van der Waals surface area contributed by atoms with Gasteiger partial charge in [-0.3, -0.25) is 4.79 Å². The molecule has 0 bridgehead atoms. The molecule has 0 aliphatic heterocycles. The second-order valence-electron chi connectivity index (χ2n) is 4.29. The summed E-state index contributed by atoms with van der Waals surface area (Å²) in [5.74, 6) is 0.633. The largest absolute Gasteiger partial charge is 0.490 e. The molecular weight excluding hydrogens is 250 g/mol. The van der Waals surface area contributed by atoms with Gasteiger partial charge in [-0.05, 0) is 29.8 Å². The van der Waals surface area contributed by atoms with Crippen LogP contribution in [-0.2, 0) is 6.54 Å². The van der Waals surface area contributed by atoms with Crippen molar-refractivity contribution < 1.29 is 9.53 Å². The van der Waals surface area contributed by atoms with Crippen molar-refractivity contribution in [3.63, 3.8) is 0 Å². The normalized spacial score (nSPS) is 9.80. The van der Waals surface area contributed by atoms with Crippen LogP contribution < -0.4 is 10.1 Å². The number of carbonyl (C=O) groups excluding carboxylic acids is 1. The molecule has 0 aromatic heterocycles. The predicted octanol–water partition coefficient (Wildman–Crippen LogP) is 3.18. The minimum Gasteiger partial charge on any atom is -0.490 e. The van der Waals surface area contributed by atoms with E-state index in [9.17, 15) is 4.79 Å². The molecule has 3 heteroatoms. The Bertz CT molecular complexity index is 561. The molecule has 20 heavy (non-hydrogen) atoms. The fourth-order valence-corrected chi connectivity index (χ4v) is 1.74. The topological polar surface area (TPSA) is 38.3 Å². The molecule has 0 saturated heterocycles. The van der Waals surface area contributed by atoms with Crippen LogP contribution in [0.2, 0.25) is 0 Å². The van der Waals surface area contributed by atoms with Crippen molar-refractivity contribution in [2.24, 2.45) is 0 Å². The van der Waals surface area contributed by atoms with Gasteiger partial charge in [0.05, 0.1) is 0 Å². The number of amides is 1. The van der Waals surface area contributed by atoms with Crippen LogP contribution in [0.1, 0.15) is 15.9 Å². The summed E-state index contributed by atoms with van der Waals surface area (Å²) < 4.78 is 5.37. The Kier molecular flexibility index (Phi) is 4.95. The van der Waals surface area contributed by atoms with Crippen LogP contribution in [0, 0.1) is 0 Å². The molecule has 1 N–H and O–H groups in total. The molecule has 3 nitrogen and oxygen atoms in total. The van der Waals surface area contributed by atoms with Crippen molar-refractivity contribution in [1.82, 2.24) is 5.32 Å². The Morgan fingerprint density at radius 3 is 2.45 bits per heavy atom. The molecule has 0 radical (unpaired) electrons. The van der Waals surface area contributed by atoms with Gasteiger partial charge in [-0.25, -0.2) is 0 Å². The lowest BCUT2D eigenvalue weighted by atomic mass is 10.2. The van der Waals surface area contributed by atoms with Crippen molar-refractivity contribution in [1.29, 1.82) is 0 Å². The summed E-state index contributed by atoms with van der Waals surface area (Å²) in [5, 5.41) is 2.88. The third-order valence-electron chi connectivity index (χ3n) is 2.78. The summed E-state index contributed by atoms with van der Waals surface area (Å²) >= 11 is 0. The van der Waals surface area contributed by atoms with Crippen LogP contribution >= 0.6 is 0 Å². The van der Waals surface area contributed by atoms with E-state index in [2.05, 4.69) is 11.9 Å². The van der Waals surface area contributed by atoms with E-state index in [1.165, 1.54) is 0 Å². The molecule has 1 amide bonds. The highest BCUT2D eigenvalue weighted by molar-refractivity contribution is 5.94. The van der Waals surface area contributed by atoms with Gasteiger partial charge < -0.3 is 10.1 Å². The van der Waals surface area contributed by atoms with Gasteiger partial charge in [0.15, 0.2) is 0 Å². The third-order valence-corrected chi connectivity index (χ3v) is 2.78. The maximum absolute atomic E-state index is 12.0. The van der Waals surface area contributed by atoms with E-state index in [1.807, 2.05) is 30.3 Å². The molecule has 0 spiro atoms. The van der Waals surface area contributed by atoms with Crippen LogP contribution in [0.5, 0.6) is 5.75 Å². The predicted molar refractivity (Wildman–Crippen MR) is 79.7 cm³/mol. The second-order valence-corrected chi connectivity index (χ2v) is 4.29. The molecule has 0 heterocycles. The van der Waals surface area contributed by atoms with E-state index in [-0.39, 0.29) is 5.91 Å². The number of hydrogen-bond donors (Lipinski definition) is 1. The number of carbonyl (C=O) groups is 1. The lowest BCUT2D eigenvalue weighted by Gasteiger charge is -2.07. The average molecular weight is 267 g/mol.